The molecule has 0 heterocycles. The molecule has 0 saturated carbocycles. The molecule has 1 unspecified atom stereocenters. The molecule has 0 aliphatic heterocycles. The molecule has 11 heavy (non-hydrogen) atoms. The van der Waals surface area contributed by atoms with E-state index in [1.54, 1.807) is 6.92 Å². The van der Waals surface area contributed by atoms with Gasteiger partial charge in [0.2, 0.25) is 0 Å². The Labute approximate surface area is 66.7 Å². The molecule has 0 aliphatic carbocycles. The van der Waals surface area contributed by atoms with Crippen LogP contribution in [0.5, 0.6) is 0 Å². The highest BCUT2D eigenvalue weighted by Gasteiger charge is 2.03. The van der Waals surface area contributed by atoms with Gasteiger partial charge in [0.25, 0.3) is 0 Å². The van der Waals surface area contributed by atoms with Crippen molar-refractivity contribution < 1.29 is 14.3 Å². The number of hydrogen-bond acceptors (Lipinski definition) is 3. The van der Waals surface area contributed by atoms with E-state index < -0.39 is 0 Å². The summed E-state index contributed by atoms with van der Waals surface area (Å²) in [5, 5.41) is 0. The van der Waals surface area contributed by atoms with E-state index in [1.807, 2.05) is 0 Å². The lowest BCUT2D eigenvalue weighted by atomic mass is 10.4. The molecule has 0 fully saturated rings. The van der Waals surface area contributed by atoms with Crippen molar-refractivity contribution in [2.24, 2.45) is 0 Å². The molecule has 3 heteroatoms. The fourth-order valence-electron chi connectivity index (χ4n) is 0.601. The van der Waals surface area contributed by atoms with E-state index in [0.717, 1.165) is 0 Å². The van der Waals surface area contributed by atoms with Crippen LogP contribution in [0.15, 0.2) is 0 Å². The first-order valence-corrected chi connectivity index (χ1v) is 3.35. The van der Waals surface area contributed by atoms with Crippen molar-refractivity contribution in [3.05, 3.63) is 0 Å². The molecule has 62 valence electrons. The Balaban J connectivity index is 3.31. The molecule has 0 aliphatic rings. The van der Waals surface area contributed by atoms with Gasteiger partial charge in [-0.15, -0.1) is 6.42 Å². The van der Waals surface area contributed by atoms with Crippen molar-refractivity contribution in [2.75, 3.05) is 13.2 Å². The first kappa shape index (κ1) is 9.99. The summed E-state index contributed by atoms with van der Waals surface area (Å²) >= 11 is 0. The molecular weight excluding hydrogens is 144 g/mol. The predicted molar refractivity (Wildman–Crippen MR) is 40.9 cm³/mol. The number of carbonyl (C=O) groups excluding carboxylic acids is 1. The maximum Gasteiger partial charge on any atom is 0.302 e. The molecule has 0 N–H and O–H groups in total. The van der Waals surface area contributed by atoms with Gasteiger partial charge < -0.3 is 9.47 Å². The van der Waals surface area contributed by atoms with Gasteiger partial charge in [0.1, 0.15) is 12.7 Å². The Morgan fingerprint density at radius 3 is 2.82 bits per heavy atom. The molecule has 0 aromatic heterocycles. The van der Waals surface area contributed by atoms with E-state index in [-0.39, 0.29) is 18.7 Å². The standard InChI is InChI=1S/C8H12O3/c1-4-5-10-6-7(2)11-8(3)9/h1,7H,5-6H2,2-3H3. The first-order valence-electron chi connectivity index (χ1n) is 3.35. The van der Waals surface area contributed by atoms with Crippen LogP contribution in [0.3, 0.4) is 0 Å². The lowest BCUT2D eigenvalue weighted by Crippen LogP contribution is -2.18. The molecule has 0 spiro atoms. The van der Waals surface area contributed by atoms with Gasteiger partial charge in [-0.2, -0.15) is 0 Å². The summed E-state index contributed by atoms with van der Waals surface area (Å²) < 4.78 is 9.70. The van der Waals surface area contributed by atoms with E-state index >= 15 is 0 Å². The maximum atomic E-state index is 10.4. The first-order chi connectivity index (χ1) is 5.16. The highest BCUT2D eigenvalue weighted by atomic mass is 16.6. The second-order valence-corrected chi connectivity index (χ2v) is 2.14. The highest BCUT2D eigenvalue weighted by molar-refractivity contribution is 5.66. The summed E-state index contributed by atoms with van der Waals surface area (Å²) in [6.07, 6.45) is 4.71. The number of terminal acetylenes is 1. The summed E-state index contributed by atoms with van der Waals surface area (Å²) in [5.41, 5.74) is 0. The Kier molecular flexibility index (Phi) is 5.22. The van der Waals surface area contributed by atoms with Crippen molar-refractivity contribution >= 4 is 5.97 Å². The van der Waals surface area contributed by atoms with Gasteiger partial charge in [-0.05, 0) is 6.92 Å². The molecule has 0 aromatic carbocycles. The van der Waals surface area contributed by atoms with E-state index in [0.29, 0.717) is 6.61 Å². The molecule has 0 radical (unpaired) electrons. The minimum absolute atomic E-state index is 0.221. The smallest absolute Gasteiger partial charge is 0.302 e. The fraction of sp³-hybridized carbons (Fsp3) is 0.625. The Bertz CT molecular complexity index is 157. The van der Waals surface area contributed by atoms with Gasteiger partial charge >= 0.3 is 5.97 Å². The third-order valence-electron chi connectivity index (χ3n) is 0.905. The van der Waals surface area contributed by atoms with Crippen LogP contribution in [0, 0.1) is 12.3 Å². The lowest BCUT2D eigenvalue weighted by Gasteiger charge is -2.10. The number of hydrogen-bond donors (Lipinski definition) is 0. The Morgan fingerprint density at radius 1 is 1.73 bits per heavy atom. The number of esters is 1. The molecule has 0 rings (SSSR count). The largest absolute Gasteiger partial charge is 0.460 e. The van der Waals surface area contributed by atoms with E-state index in [2.05, 4.69) is 5.92 Å². The van der Waals surface area contributed by atoms with Crippen molar-refractivity contribution in [2.45, 2.75) is 20.0 Å². The molecule has 0 bridgehead atoms. The lowest BCUT2D eigenvalue weighted by molar-refractivity contribution is -0.147. The SMILES string of the molecule is C#CCOCC(C)OC(C)=O. The average molecular weight is 156 g/mol. The quantitative estimate of drug-likeness (QED) is 0.339. The van der Waals surface area contributed by atoms with Crippen LogP contribution < -0.4 is 0 Å². The van der Waals surface area contributed by atoms with Gasteiger partial charge in [-0.1, -0.05) is 5.92 Å². The normalized spacial score (nSPS) is 11.7. The third-order valence-corrected chi connectivity index (χ3v) is 0.905. The van der Waals surface area contributed by atoms with Crippen LogP contribution >= 0.6 is 0 Å². The minimum Gasteiger partial charge on any atom is -0.460 e. The van der Waals surface area contributed by atoms with Crippen LogP contribution in [0.2, 0.25) is 0 Å². The van der Waals surface area contributed by atoms with Crippen LogP contribution in [0.1, 0.15) is 13.8 Å². The summed E-state index contributed by atoms with van der Waals surface area (Å²) in [6, 6.07) is 0. The molecule has 0 amide bonds. The summed E-state index contributed by atoms with van der Waals surface area (Å²) in [7, 11) is 0. The van der Waals surface area contributed by atoms with Crippen molar-refractivity contribution in [1.82, 2.24) is 0 Å². The maximum absolute atomic E-state index is 10.4. The topological polar surface area (TPSA) is 35.5 Å². The third kappa shape index (κ3) is 6.88. The van der Waals surface area contributed by atoms with Gasteiger partial charge in [0.05, 0.1) is 6.61 Å². The number of rotatable bonds is 4. The zero-order valence-corrected chi connectivity index (χ0v) is 6.79. The average Bonchev–Trinajstić information content (AvgIpc) is 1.86. The summed E-state index contributed by atoms with van der Waals surface area (Å²) in [6.45, 7) is 3.71. The van der Waals surface area contributed by atoms with Crippen LogP contribution in [0.4, 0.5) is 0 Å². The Hall–Kier alpha value is -1.01. The minimum atomic E-state index is -0.304. The number of ether oxygens (including phenoxy) is 2. The van der Waals surface area contributed by atoms with Crippen molar-refractivity contribution in [1.29, 1.82) is 0 Å². The second-order valence-electron chi connectivity index (χ2n) is 2.14. The second kappa shape index (κ2) is 5.75. The monoisotopic (exact) mass is 156 g/mol. The van der Waals surface area contributed by atoms with E-state index in [1.165, 1.54) is 6.92 Å². The predicted octanol–water partition coefficient (Wildman–Crippen LogP) is 0.588. The van der Waals surface area contributed by atoms with Gasteiger partial charge in [-0.25, -0.2) is 0 Å². The molecule has 1 atom stereocenters. The molecular formula is C8H12O3. The molecule has 0 aromatic rings. The summed E-state index contributed by atoms with van der Waals surface area (Å²) in [5.74, 6) is 2.01. The van der Waals surface area contributed by atoms with Gasteiger partial charge in [0, 0.05) is 6.92 Å². The van der Waals surface area contributed by atoms with Crippen molar-refractivity contribution in [3.63, 3.8) is 0 Å². The zero-order valence-electron chi connectivity index (χ0n) is 6.79. The van der Waals surface area contributed by atoms with Crippen LogP contribution in [0.25, 0.3) is 0 Å². The fourth-order valence-corrected chi connectivity index (χ4v) is 0.601. The Morgan fingerprint density at radius 2 is 2.36 bits per heavy atom. The van der Waals surface area contributed by atoms with E-state index in [9.17, 15) is 4.79 Å². The zero-order chi connectivity index (χ0) is 8.69. The highest BCUT2D eigenvalue weighted by Crippen LogP contribution is 1.91. The van der Waals surface area contributed by atoms with E-state index in [4.69, 9.17) is 15.9 Å². The van der Waals surface area contributed by atoms with Crippen LogP contribution in [-0.4, -0.2) is 25.3 Å². The molecule has 0 saturated heterocycles. The molecule has 3 nitrogen and oxygen atoms in total. The summed E-state index contributed by atoms with van der Waals surface area (Å²) in [4.78, 5) is 10.4. The van der Waals surface area contributed by atoms with Crippen LogP contribution in [-0.2, 0) is 14.3 Å². The number of carbonyl (C=O) groups is 1. The van der Waals surface area contributed by atoms with Crippen molar-refractivity contribution in [3.8, 4) is 12.3 Å². The van der Waals surface area contributed by atoms with Gasteiger partial charge in [-0.3, -0.25) is 4.79 Å². The van der Waals surface area contributed by atoms with Gasteiger partial charge in [0.15, 0.2) is 0 Å².